The second kappa shape index (κ2) is 6.23. The molecule has 0 N–H and O–H groups in total. The average molecular weight is 284 g/mol. The van der Waals surface area contributed by atoms with Crippen LogP contribution in [0, 0.1) is 0 Å². The molecule has 0 amide bonds. The standard InChI is InChI=1S/C15H28N2OS/c1-2-13-11-16-8-4-3-5-15(16)12-17(13)14-6-9-19(18)10-7-14/h13-15H,2-12H2,1H3. The summed E-state index contributed by atoms with van der Waals surface area (Å²) in [5.41, 5.74) is 0. The highest BCUT2D eigenvalue weighted by molar-refractivity contribution is 7.85. The van der Waals surface area contributed by atoms with E-state index in [9.17, 15) is 4.21 Å². The molecule has 3 saturated heterocycles. The molecular weight excluding hydrogens is 256 g/mol. The van der Waals surface area contributed by atoms with E-state index < -0.39 is 10.8 Å². The van der Waals surface area contributed by atoms with E-state index in [0.717, 1.165) is 36.4 Å². The number of piperazine rings is 1. The van der Waals surface area contributed by atoms with Crippen LogP contribution in [-0.4, -0.2) is 63.3 Å². The molecule has 0 aliphatic carbocycles. The Morgan fingerprint density at radius 2 is 1.84 bits per heavy atom. The van der Waals surface area contributed by atoms with E-state index in [2.05, 4.69) is 16.7 Å². The van der Waals surface area contributed by atoms with Gasteiger partial charge in [0, 0.05) is 53.5 Å². The highest BCUT2D eigenvalue weighted by atomic mass is 32.2. The van der Waals surface area contributed by atoms with E-state index >= 15 is 0 Å². The van der Waals surface area contributed by atoms with E-state index in [-0.39, 0.29) is 0 Å². The average Bonchev–Trinajstić information content (AvgIpc) is 2.46. The Bertz CT molecular complexity index is 326. The Labute approximate surface area is 120 Å². The van der Waals surface area contributed by atoms with Gasteiger partial charge in [0.2, 0.25) is 0 Å². The number of piperidine rings is 1. The molecule has 3 fully saturated rings. The Hall–Kier alpha value is 0.0700. The topological polar surface area (TPSA) is 23.6 Å². The third-order valence-corrected chi connectivity index (χ3v) is 6.76. The number of rotatable bonds is 2. The van der Waals surface area contributed by atoms with Crippen LogP contribution in [0.3, 0.4) is 0 Å². The molecule has 3 aliphatic rings. The molecular formula is C15H28N2OS. The zero-order chi connectivity index (χ0) is 13.2. The maximum absolute atomic E-state index is 11.6. The Balaban J connectivity index is 1.66. The first-order chi connectivity index (χ1) is 9.28. The molecule has 2 unspecified atom stereocenters. The quantitative estimate of drug-likeness (QED) is 0.773. The van der Waals surface area contributed by atoms with Gasteiger partial charge in [0.25, 0.3) is 0 Å². The van der Waals surface area contributed by atoms with E-state index in [1.165, 1.54) is 45.3 Å². The molecule has 3 heterocycles. The van der Waals surface area contributed by atoms with Gasteiger partial charge in [0.05, 0.1) is 0 Å². The lowest BCUT2D eigenvalue weighted by molar-refractivity contribution is -0.0173. The molecule has 3 aliphatic heterocycles. The van der Waals surface area contributed by atoms with Crippen molar-refractivity contribution in [1.29, 1.82) is 0 Å². The van der Waals surface area contributed by atoms with Crippen LogP contribution in [0.15, 0.2) is 0 Å². The van der Waals surface area contributed by atoms with Crippen LogP contribution in [0.5, 0.6) is 0 Å². The first-order valence-corrected chi connectivity index (χ1v) is 9.61. The van der Waals surface area contributed by atoms with Gasteiger partial charge in [-0.25, -0.2) is 0 Å². The minimum absolute atomic E-state index is 0.524. The predicted molar refractivity (Wildman–Crippen MR) is 80.9 cm³/mol. The molecule has 3 nitrogen and oxygen atoms in total. The highest BCUT2D eigenvalue weighted by Crippen LogP contribution is 2.29. The fourth-order valence-electron chi connectivity index (χ4n) is 4.20. The smallest absolute Gasteiger partial charge is 0.0249 e. The molecule has 0 saturated carbocycles. The van der Waals surface area contributed by atoms with Crippen LogP contribution in [0.4, 0.5) is 0 Å². The number of nitrogens with zero attached hydrogens (tertiary/aromatic N) is 2. The molecule has 19 heavy (non-hydrogen) atoms. The van der Waals surface area contributed by atoms with Crippen molar-refractivity contribution < 1.29 is 4.21 Å². The summed E-state index contributed by atoms with van der Waals surface area (Å²) in [6, 6.07) is 2.27. The van der Waals surface area contributed by atoms with E-state index in [0.29, 0.717) is 6.04 Å². The van der Waals surface area contributed by atoms with Crippen molar-refractivity contribution in [2.24, 2.45) is 0 Å². The van der Waals surface area contributed by atoms with Gasteiger partial charge in [-0.15, -0.1) is 0 Å². The van der Waals surface area contributed by atoms with Crippen molar-refractivity contribution in [3.8, 4) is 0 Å². The molecule has 2 atom stereocenters. The Morgan fingerprint density at radius 1 is 1.05 bits per heavy atom. The first-order valence-electron chi connectivity index (χ1n) is 8.12. The lowest BCUT2D eigenvalue weighted by Crippen LogP contribution is -2.62. The molecule has 0 aromatic rings. The van der Waals surface area contributed by atoms with Crippen LogP contribution in [-0.2, 0) is 10.8 Å². The third kappa shape index (κ3) is 3.06. The monoisotopic (exact) mass is 284 g/mol. The van der Waals surface area contributed by atoms with Crippen molar-refractivity contribution in [3.05, 3.63) is 0 Å². The first kappa shape index (κ1) is 14.0. The van der Waals surface area contributed by atoms with Crippen LogP contribution >= 0.6 is 0 Å². The molecule has 0 aromatic carbocycles. The minimum atomic E-state index is -0.524. The number of hydrogen-bond donors (Lipinski definition) is 0. The summed E-state index contributed by atoms with van der Waals surface area (Å²) in [5, 5.41) is 0. The normalized spacial score (nSPS) is 41.9. The summed E-state index contributed by atoms with van der Waals surface area (Å²) in [4.78, 5) is 5.54. The Kier molecular flexibility index (Phi) is 4.60. The van der Waals surface area contributed by atoms with Crippen LogP contribution in [0.1, 0.15) is 45.4 Å². The van der Waals surface area contributed by atoms with Gasteiger partial charge in [-0.3, -0.25) is 14.0 Å². The summed E-state index contributed by atoms with van der Waals surface area (Å²) < 4.78 is 11.6. The zero-order valence-corrected chi connectivity index (χ0v) is 13.0. The minimum Gasteiger partial charge on any atom is -0.298 e. The number of hydrogen-bond acceptors (Lipinski definition) is 3. The molecule has 0 spiro atoms. The molecule has 0 radical (unpaired) electrons. The van der Waals surface area contributed by atoms with Crippen LogP contribution in [0.25, 0.3) is 0 Å². The van der Waals surface area contributed by atoms with Crippen molar-refractivity contribution in [2.45, 2.75) is 63.6 Å². The van der Waals surface area contributed by atoms with Gasteiger partial charge in [0.15, 0.2) is 0 Å². The lowest BCUT2D eigenvalue weighted by Gasteiger charge is -2.51. The van der Waals surface area contributed by atoms with Crippen molar-refractivity contribution in [2.75, 3.05) is 31.1 Å². The fourth-order valence-corrected chi connectivity index (χ4v) is 5.47. The van der Waals surface area contributed by atoms with E-state index in [4.69, 9.17) is 0 Å². The van der Waals surface area contributed by atoms with Gasteiger partial charge < -0.3 is 0 Å². The Morgan fingerprint density at radius 3 is 2.58 bits per heavy atom. The maximum Gasteiger partial charge on any atom is 0.0249 e. The second-order valence-electron chi connectivity index (χ2n) is 6.48. The summed E-state index contributed by atoms with van der Waals surface area (Å²) in [7, 11) is -0.524. The van der Waals surface area contributed by atoms with Crippen molar-refractivity contribution in [1.82, 2.24) is 9.80 Å². The summed E-state index contributed by atoms with van der Waals surface area (Å²) in [5.74, 6) is 1.87. The summed E-state index contributed by atoms with van der Waals surface area (Å²) in [6.07, 6.45) is 7.80. The maximum atomic E-state index is 11.6. The van der Waals surface area contributed by atoms with Gasteiger partial charge in [0.1, 0.15) is 0 Å². The summed E-state index contributed by atoms with van der Waals surface area (Å²) in [6.45, 7) is 6.21. The highest BCUT2D eigenvalue weighted by Gasteiger charge is 2.37. The molecule has 3 rings (SSSR count). The van der Waals surface area contributed by atoms with Crippen LogP contribution < -0.4 is 0 Å². The second-order valence-corrected chi connectivity index (χ2v) is 8.18. The molecule has 110 valence electrons. The molecule has 4 heteroatoms. The van der Waals surface area contributed by atoms with Gasteiger partial charge in [-0.2, -0.15) is 0 Å². The third-order valence-electron chi connectivity index (χ3n) is 5.38. The molecule has 0 aromatic heterocycles. The zero-order valence-electron chi connectivity index (χ0n) is 12.2. The molecule has 0 bridgehead atoms. The fraction of sp³-hybridized carbons (Fsp3) is 1.00. The SMILES string of the molecule is CCC1CN2CCCCC2CN1C1CCS(=O)CC1. The van der Waals surface area contributed by atoms with Crippen molar-refractivity contribution >= 4 is 10.8 Å². The van der Waals surface area contributed by atoms with Gasteiger partial charge >= 0.3 is 0 Å². The summed E-state index contributed by atoms with van der Waals surface area (Å²) >= 11 is 0. The van der Waals surface area contributed by atoms with Gasteiger partial charge in [-0.05, 0) is 38.6 Å². The largest absolute Gasteiger partial charge is 0.298 e. The van der Waals surface area contributed by atoms with E-state index in [1.807, 2.05) is 0 Å². The van der Waals surface area contributed by atoms with E-state index in [1.54, 1.807) is 0 Å². The number of fused-ring (bicyclic) bond motifs is 1. The van der Waals surface area contributed by atoms with Gasteiger partial charge in [-0.1, -0.05) is 13.3 Å². The van der Waals surface area contributed by atoms with Crippen molar-refractivity contribution in [3.63, 3.8) is 0 Å². The van der Waals surface area contributed by atoms with Crippen LogP contribution in [0.2, 0.25) is 0 Å². The lowest BCUT2D eigenvalue weighted by atomic mass is 9.93. The predicted octanol–water partition coefficient (Wildman–Crippen LogP) is 1.85.